The SMILES string of the molecule is Cc1ccc2c3ccc(C)cc3n(-c3nccc(-c4ccc(C#N)cc4)c3-n3c4cc(C)ccc4c4ccc(C)cc43)c2c1.[C-]#[N+]c1cccc(-c2ccnc(-n3c4cc(C)ccc4c4ccc(C)cc43)c2-n2c3cc(C)ccc3c3ccc(C)cc32)c1.[C-]#[N+]c1ccccc1-c1ccnc(-n2c3cc(C)ccc3c3ccc(C)cc32)c1-n1c2cc(C)ccc2c2ccc(C)cc21. The van der Waals surface area contributed by atoms with E-state index in [-0.39, 0.29) is 0 Å². The number of nitrogens with zero attached hydrogens (tertiary/aromatic N) is 12. The second-order valence-electron chi connectivity index (χ2n) is 35.8. The van der Waals surface area contributed by atoms with Crippen molar-refractivity contribution < 1.29 is 0 Å². The quantitative estimate of drug-likeness (QED) is 0.134. The molecule has 0 unspecified atom stereocenters. The minimum atomic E-state index is 0.615. The summed E-state index contributed by atoms with van der Waals surface area (Å²) >= 11 is 0. The molecule has 0 spiro atoms. The van der Waals surface area contributed by atoms with Crippen molar-refractivity contribution in [3.63, 3.8) is 0 Å². The van der Waals surface area contributed by atoms with Crippen molar-refractivity contribution >= 4 is 142 Å². The highest BCUT2D eigenvalue weighted by molar-refractivity contribution is 6.17. The zero-order valence-electron chi connectivity index (χ0n) is 75.5. The molecule has 24 aromatic rings. The van der Waals surface area contributed by atoms with Gasteiger partial charge in [-0.2, -0.15) is 5.26 Å². The van der Waals surface area contributed by atoms with Gasteiger partial charge in [-0.05, 0) is 276 Å². The maximum absolute atomic E-state index is 9.54. The van der Waals surface area contributed by atoms with Crippen LogP contribution < -0.4 is 0 Å². The third kappa shape index (κ3) is 13.3. The molecule has 0 aliphatic heterocycles. The molecule has 0 bridgehead atoms. The van der Waals surface area contributed by atoms with Gasteiger partial charge < -0.3 is 13.7 Å². The van der Waals surface area contributed by atoms with E-state index in [9.17, 15) is 5.26 Å². The monoisotopic (exact) mass is 1700 g/mol. The van der Waals surface area contributed by atoms with Crippen LogP contribution in [0.15, 0.2) is 328 Å². The summed E-state index contributed by atoms with van der Waals surface area (Å²) in [7, 11) is 0. The molecule has 0 fully saturated rings. The van der Waals surface area contributed by atoms with Crippen LogP contribution in [0.5, 0.6) is 0 Å². The van der Waals surface area contributed by atoms with E-state index >= 15 is 0 Å². The predicted molar refractivity (Wildman–Crippen MR) is 549 cm³/mol. The lowest BCUT2D eigenvalue weighted by atomic mass is 10.0. The topological polar surface area (TPSA) is 101 Å². The number of nitriles is 1. The summed E-state index contributed by atoms with van der Waals surface area (Å²) in [5.74, 6) is 2.55. The third-order valence-corrected chi connectivity index (χ3v) is 26.4. The van der Waals surface area contributed by atoms with Gasteiger partial charge in [-0.1, -0.05) is 200 Å². The van der Waals surface area contributed by atoms with Gasteiger partial charge in [-0.25, -0.2) is 24.6 Å². The van der Waals surface area contributed by atoms with E-state index in [4.69, 9.17) is 28.1 Å². The molecule has 0 saturated heterocycles. The number of benzene rings is 15. The van der Waals surface area contributed by atoms with Gasteiger partial charge in [-0.3, -0.25) is 13.7 Å². The number of pyridine rings is 3. The van der Waals surface area contributed by atoms with Gasteiger partial charge in [0, 0.05) is 99.9 Å². The number of rotatable bonds is 9. The molecule has 0 saturated carbocycles. The molecule has 12 nitrogen and oxygen atoms in total. The normalized spacial score (nSPS) is 11.6. The molecule has 15 aromatic carbocycles. The standard InChI is InChI=1S/3C40H30N4/c1-24-5-13-31-32-14-6-25(2)20-36(32)43(35(31)19-24)39-30(29-11-9-28(23-41)10-12-29)17-18-42-40(39)44-37-21-26(3)7-15-33(37)34-16-8-27(4)22-38(34)44;1-24-9-13-31-32-14-10-25(2)20-36(32)43(35(31)19-24)39-30(28-7-6-8-29(23-28)41-5)17-18-42-40(39)44-37-21-26(3)11-15-33(37)34-16-12-27(4)22-38(34)44;1-24-10-14-29-30-15-11-25(2)21-36(30)43(35(29)20-24)39-33(28-8-6-7-9-34(28)41-5)18-19-42-40(39)44-37-22-26(3)12-16-31(37)32-17-13-27(4)23-38(32)44/h5-22H,1-4H3;2*6-23H,1-4H3. The molecule has 0 atom stereocenters. The van der Waals surface area contributed by atoms with Crippen LogP contribution in [0.4, 0.5) is 11.4 Å². The summed E-state index contributed by atoms with van der Waals surface area (Å²) in [5.41, 5.74) is 38.7. The first-order valence-corrected chi connectivity index (χ1v) is 44.8. The fraction of sp³-hybridized carbons (Fsp3) is 0.100. The molecular formula is C120H90N12. The van der Waals surface area contributed by atoms with Crippen molar-refractivity contribution in [3.8, 4) is 74.0 Å². The van der Waals surface area contributed by atoms with Crippen molar-refractivity contribution in [2.24, 2.45) is 0 Å². The number of hydrogen-bond donors (Lipinski definition) is 0. The van der Waals surface area contributed by atoms with Crippen molar-refractivity contribution in [2.75, 3.05) is 0 Å². The van der Waals surface area contributed by atoms with E-state index in [0.717, 1.165) is 134 Å². The van der Waals surface area contributed by atoms with Crippen LogP contribution in [0, 0.1) is 108 Å². The Morgan fingerprint density at radius 2 is 0.477 bits per heavy atom. The number of para-hydroxylation sites is 1. The van der Waals surface area contributed by atoms with Gasteiger partial charge >= 0.3 is 0 Å². The Morgan fingerprint density at radius 3 is 0.742 bits per heavy atom. The van der Waals surface area contributed by atoms with Crippen molar-refractivity contribution in [1.29, 1.82) is 5.26 Å². The second-order valence-corrected chi connectivity index (χ2v) is 35.8. The highest BCUT2D eigenvalue weighted by Crippen LogP contribution is 2.49. The van der Waals surface area contributed by atoms with Crippen molar-refractivity contribution in [2.45, 2.75) is 83.1 Å². The molecule has 630 valence electrons. The first-order valence-electron chi connectivity index (χ1n) is 44.8. The van der Waals surface area contributed by atoms with Crippen LogP contribution in [0.2, 0.25) is 0 Å². The molecule has 0 aliphatic rings. The number of aromatic nitrogens is 9. The van der Waals surface area contributed by atoms with Gasteiger partial charge in [0.25, 0.3) is 0 Å². The Kier molecular flexibility index (Phi) is 19.5. The van der Waals surface area contributed by atoms with Crippen LogP contribution in [0.1, 0.15) is 72.3 Å². The minimum Gasteiger partial charge on any atom is -0.305 e. The summed E-state index contributed by atoms with van der Waals surface area (Å²) in [6, 6.07) is 113. The maximum Gasteiger partial charge on any atom is 0.194 e. The smallest absolute Gasteiger partial charge is 0.194 e. The number of fused-ring (bicyclic) bond motifs is 18. The van der Waals surface area contributed by atoms with E-state index in [0.29, 0.717) is 16.9 Å². The molecule has 9 aromatic heterocycles. The van der Waals surface area contributed by atoms with E-state index in [2.05, 4.69) is 375 Å². The summed E-state index contributed by atoms with van der Waals surface area (Å²) in [6.07, 6.45) is 5.72. The summed E-state index contributed by atoms with van der Waals surface area (Å²) in [4.78, 5) is 23.3. The Hall–Kier alpha value is -17.0. The lowest BCUT2D eigenvalue weighted by Gasteiger charge is -2.20. The predicted octanol–water partition coefficient (Wildman–Crippen LogP) is 31.5. The van der Waals surface area contributed by atoms with Gasteiger partial charge in [0.15, 0.2) is 28.8 Å². The van der Waals surface area contributed by atoms with Gasteiger partial charge in [-0.15, -0.1) is 0 Å². The van der Waals surface area contributed by atoms with Crippen LogP contribution in [0.3, 0.4) is 0 Å². The van der Waals surface area contributed by atoms with Gasteiger partial charge in [0.05, 0.1) is 108 Å². The zero-order valence-corrected chi connectivity index (χ0v) is 75.5. The Balaban J connectivity index is 0.000000116. The number of aryl methyl sites for hydroxylation is 12. The second kappa shape index (κ2) is 31.8. The van der Waals surface area contributed by atoms with Crippen molar-refractivity contribution in [1.82, 2.24) is 42.4 Å². The molecular weight excluding hydrogens is 1610 g/mol. The third-order valence-electron chi connectivity index (χ3n) is 26.4. The van der Waals surface area contributed by atoms with Crippen LogP contribution in [0.25, 0.3) is 208 Å². The van der Waals surface area contributed by atoms with Crippen molar-refractivity contribution in [3.05, 3.63) is 423 Å². The van der Waals surface area contributed by atoms with Gasteiger partial charge in [0.2, 0.25) is 0 Å². The summed E-state index contributed by atoms with van der Waals surface area (Å²) in [5, 5.41) is 24.0. The molecule has 132 heavy (non-hydrogen) atoms. The lowest BCUT2D eigenvalue weighted by Crippen LogP contribution is -2.08. The zero-order chi connectivity index (χ0) is 90.3. The molecule has 0 radical (unpaired) electrons. The van der Waals surface area contributed by atoms with Gasteiger partial charge in [0.1, 0.15) is 0 Å². The highest BCUT2D eigenvalue weighted by Gasteiger charge is 2.30. The lowest BCUT2D eigenvalue weighted by molar-refractivity contribution is 1.03. The first-order chi connectivity index (χ1) is 64.2. The Labute approximate surface area is 764 Å². The molecule has 24 rings (SSSR count). The van der Waals surface area contributed by atoms with E-state index in [1.54, 1.807) is 0 Å². The minimum absolute atomic E-state index is 0.615. The van der Waals surface area contributed by atoms with Crippen LogP contribution in [-0.2, 0) is 0 Å². The average molecular weight is 1700 g/mol. The largest absolute Gasteiger partial charge is 0.305 e. The first kappa shape index (κ1) is 80.8. The molecule has 0 N–H and O–H groups in total. The molecule has 0 amide bonds. The molecule has 0 aliphatic carbocycles. The maximum atomic E-state index is 9.54. The van der Waals surface area contributed by atoms with E-state index in [1.807, 2.05) is 79.3 Å². The fourth-order valence-corrected chi connectivity index (χ4v) is 20.3. The summed E-state index contributed by atoms with van der Waals surface area (Å²) in [6.45, 7) is 41.5. The van der Waals surface area contributed by atoms with E-state index < -0.39 is 0 Å². The Morgan fingerprint density at radius 1 is 0.227 bits per heavy atom. The van der Waals surface area contributed by atoms with Crippen LogP contribution in [-0.4, -0.2) is 42.4 Å². The molecule has 9 heterocycles. The van der Waals surface area contributed by atoms with E-state index in [1.165, 1.54) is 131 Å². The highest BCUT2D eigenvalue weighted by atomic mass is 15.2. The average Bonchev–Trinajstić information content (AvgIpc) is 1.56. The van der Waals surface area contributed by atoms with Crippen LogP contribution >= 0.6 is 0 Å². The molecule has 12 heteroatoms. The number of hydrogen-bond acceptors (Lipinski definition) is 4. The Bertz CT molecular complexity index is 8810. The summed E-state index contributed by atoms with van der Waals surface area (Å²) < 4.78 is 14.2. The fourth-order valence-electron chi connectivity index (χ4n) is 20.3.